The molecule has 238 valence electrons. The summed E-state index contributed by atoms with van der Waals surface area (Å²) in [7, 11) is 3.32. The minimum Gasteiger partial charge on any atom is -0.497 e. The minimum atomic E-state index is 0.528. The molecule has 8 heteroatoms. The van der Waals surface area contributed by atoms with Crippen molar-refractivity contribution in [2.45, 2.75) is 0 Å². The number of para-hydroxylation sites is 3. The molecule has 50 heavy (non-hydrogen) atoms. The van der Waals surface area contributed by atoms with Crippen LogP contribution in [-0.2, 0) is 0 Å². The van der Waals surface area contributed by atoms with Crippen LogP contribution in [0.5, 0.6) is 11.5 Å². The Balaban J connectivity index is 1.33. The highest BCUT2D eigenvalue weighted by atomic mass is 16.5. The zero-order valence-corrected chi connectivity index (χ0v) is 27.2. The molecule has 0 aliphatic rings. The van der Waals surface area contributed by atoms with Gasteiger partial charge in [-0.2, -0.15) is 9.97 Å². The molecule has 10 rings (SSSR count). The van der Waals surface area contributed by atoms with E-state index in [1.165, 1.54) is 0 Å². The number of rotatable bonds is 5. The lowest BCUT2D eigenvalue weighted by atomic mass is 10.0. The van der Waals surface area contributed by atoms with Crippen molar-refractivity contribution in [3.63, 3.8) is 0 Å². The average molecular weight is 649 g/mol. The summed E-state index contributed by atoms with van der Waals surface area (Å²) in [5.74, 6) is 3.18. The SMILES string of the molecule is COc1ccc(-c2nc(-c3ccc(OC)cc3)nc(-n3c4ccccc4c4c5c6ccccc6c6nc7ccccc7n6c5ccc43)n2)cc1. The fourth-order valence-corrected chi connectivity index (χ4v) is 7.27. The second-order valence-corrected chi connectivity index (χ2v) is 12.3. The van der Waals surface area contributed by atoms with Gasteiger partial charge in [-0.1, -0.05) is 54.6 Å². The van der Waals surface area contributed by atoms with Gasteiger partial charge in [-0.25, -0.2) is 9.97 Å². The van der Waals surface area contributed by atoms with E-state index in [1.54, 1.807) is 14.2 Å². The maximum absolute atomic E-state index is 5.44. The van der Waals surface area contributed by atoms with Crippen molar-refractivity contribution < 1.29 is 9.47 Å². The Morgan fingerprint density at radius 3 is 1.64 bits per heavy atom. The Morgan fingerprint density at radius 1 is 0.440 bits per heavy atom. The first-order valence-electron chi connectivity index (χ1n) is 16.4. The minimum absolute atomic E-state index is 0.528. The van der Waals surface area contributed by atoms with Crippen LogP contribution in [0.25, 0.3) is 88.9 Å². The van der Waals surface area contributed by atoms with Crippen LogP contribution in [0, 0.1) is 0 Å². The second kappa shape index (κ2) is 10.9. The molecule has 6 aromatic carbocycles. The summed E-state index contributed by atoms with van der Waals surface area (Å²) in [4.78, 5) is 20.4. The van der Waals surface area contributed by atoms with Crippen molar-refractivity contribution in [1.82, 2.24) is 28.9 Å². The molecule has 0 atom stereocenters. The molecule has 0 N–H and O–H groups in total. The number of methoxy groups -OCH3 is 2. The molecule has 0 amide bonds. The third-order valence-electron chi connectivity index (χ3n) is 9.58. The first-order valence-corrected chi connectivity index (χ1v) is 16.4. The van der Waals surface area contributed by atoms with Crippen LogP contribution in [0.3, 0.4) is 0 Å². The Morgan fingerprint density at radius 2 is 0.980 bits per heavy atom. The quantitative estimate of drug-likeness (QED) is 0.173. The predicted octanol–water partition coefficient (Wildman–Crippen LogP) is 9.43. The van der Waals surface area contributed by atoms with Crippen LogP contribution in [0.15, 0.2) is 133 Å². The summed E-state index contributed by atoms with van der Waals surface area (Å²) in [6, 6.07) is 45.4. The molecule has 4 heterocycles. The van der Waals surface area contributed by atoms with E-state index >= 15 is 0 Å². The van der Waals surface area contributed by atoms with Crippen LogP contribution in [-0.4, -0.2) is 43.1 Å². The molecule has 0 spiro atoms. The molecule has 0 bridgehead atoms. The molecule has 4 aromatic heterocycles. The van der Waals surface area contributed by atoms with E-state index in [2.05, 4.69) is 87.8 Å². The number of benzene rings is 6. The fraction of sp³-hybridized carbons (Fsp3) is 0.0476. The van der Waals surface area contributed by atoms with Crippen LogP contribution < -0.4 is 9.47 Å². The molecule has 0 saturated carbocycles. The summed E-state index contributed by atoms with van der Waals surface area (Å²) in [6.45, 7) is 0. The van der Waals surface area contributed by atoms with Crippen molar-refractivity contribution in [3.05, 3.63) is 133 Å². The van der Waals surface area contributed by atoms with E-state index < -0.39 is 0 Å². The zero-order valence-electron chi connectivity index (χ0n) is 27.2. The van der Waals surface area contributed by atoms with Crippen molar-refractivity contribution in [2.24, 2.45) is 0 Å². The Kier molecular flexibility index (Phi) is 6.13. The highest BCUT2D eigenvalue weighted by molar-refractivity contribution is 6.29. The molecule has 0 aliphatic heterocycles. The van der Waals surface area contributed by atoms with Gasteiger partial charge in [-0.15, -0.1) is 0 Å². The van der Waals surface area contributed by atoms with Gasteiger partial charge >= 0.3 is 0 Å². The fourth-order valence-electron chi connectivity index (χ4n) is 7.27. The molecule has 0 radical (unpaired) electrons. The molecule has 10 aromatic rings. The van der Waals surface area contributed by atoms with Crippen LogP contribution in [0.2, 0.25) is 0 Å². The number of hydrogen-bond donors (Lipinski definition) is 0. The maximum atomic E-state index is 5.44. The van der Waals surface area contributed by atoms with Gasteiger partial charge in [-0.05, 0) is 84.2 Å². The molecule has 8 nitrogen and oxygen atoms in total. The van der Waals surface area contributed by atoms with Gasteiger partial charge in [0, 0.05) is 32.7 Å². The highest BCUT2D eigenvalue weighted by Crippen LogP contribution is 2.41. The summed E-state index contributed by atoms with van der Waals surface area (Å²) in [6.07, 6.45) is 0. The largest absolute Gasteiger partial charge is 0.497 e. The number of aromatic nitrogens is 6. The van der Waals surface area contributed by atoms with Crippen molar-refractivity contribution in [3.8, 4) is 40.2 Å². The molecular formula is C42H28N6O2. The van der Waals surface area contributed by atoms with Crippen molar-refractivity contribution in [1.29, 1.82) is 0 Å². The molecule has 0 saturated heterocycles. The summed E-state index contributed by atoms with van der Waals surface area (Å²) in [5.41, 5.74) is 7.80. The number of nitrogens with zero attached hydrogens (tertiary/aromatic N) is 6. The standard InChI is InChI=1S/C42H28N6O2/c1-49-27-19-15-25(16-20-27)39-44-40(26-17-21-28(50-2)22-18-26)46-42(45-39)48-33-13-7-5-11-31(33)38-36(48)24-23-35-37(38)29-9-3-4-10-30(29)41-43-32-12-6-8-14-34(32)47(35)41/h3-24H,1-2H3. The van der Waals surface area contributed by atoms with E-state index in [0.717, 1.165) is 82.8 Å². The van der Waals surface area contributed by atoms with Crippen molar-refractivity contribution in [2.75, 3.05) is 14.2 Å². The average Bonchev–Trinajstić information content (AvgIpc) is 3.74. The molecule has 0 aliphatic carbocycles. The Labute approximate surface area is 285 Å². The molecular weight excluding hydrogens is 621 g/mol. The monoisotopic (exact) mass is 648 g/mol. The zero-order chi connectivity index (χ0) is 33.3. The third-order valence-corrected chi connectivity index (χ3v) is 9.58. The van der Waals surface area contributed by atoms with E-state index in [-0.39, 0.29) is 0 Å². The van der Waals surface area contributed by atoms with Crippen LogP contribution in [0.1, 0.15) is 0 Å². The van der Waals surface area contributed by atoms with Gasteiger partial charge < -0.3 is 9.47 Å². The first-order chi connectivity index (χ1) is 24.7. The molecule has 0 fully saturated rings. The highest BCUT2D eigenvalue weighted by Gasteiger charge is 2.22. The summed E-state index contributed by atoms with van der Waals surface area (Å²) in [5, 5.41) is 5.64. The lowest BCUT2D eigenvalue weighted by molar-refractivity contribution is 0.415. The van der Waals surface area contributed by atoms with Gasteiger partial charge in [0.2, 0.25) is 5.95 Å². The lowest BCUT2D eigenvalue weighted by Crippen LogP contribution is -2.06. The van der Waals surface area contributed by atoms with E-state index in [0.29, 0.717) is 17.6 Å². The number of pyridine rings is 1. The number of fused-ring (bicyclic) bond motifs is 12. The summed E-state index contributed by atoms with van der Waals surface area (Å²) < 4.78 is 15.3. The normalized spacial score (nSPS) is 11.8. The van der Waals surface area contributed by atoms with E-state index in [1.807, 2.05) is 54.6 Å². The van der Waals surface area contributed by atoms with Gasteiger partial charge in [0.25, 0.3) is 0 Å². The summed E-state index contributed by atoms with van der Waals surface area (Å²) >= 11 is 0. The van der Waals surface area contributed by atoms with Gasteiger partial charge in [-0.3, -0.25) is 8.97 Å². The maximum Gasteiger partial charge on any atom is 0.238 e. The van der Waals surface area contributed by atoms with Crippen molar-refractivity contribution >= 4 is 60.2 Å². The number of hydrogen-bond acceptors (Lipinski definition) is 6. The van der Waals surface area contributed by atoms with E-state index in [9.17, 15) is 0 Å². The van der Waals surface area contributed by atoms with Gasteiger partial charge in [0.05, 0.1) is 41.8 Å². The first kappa shape index (κ1) is 28.2. The number of imidazole rings is 1. The number of ether oxygens (including phenoxy) is 2. The van der Waals surface area contributed by atoms with Crippen LogP contribution >= 0.6 is 0 Å². The topological polar surface area (TPSA) is 79.4 Å². The van der Waals surface area contributed by atoms with E-state index in [4.69, 9.17) is 29.4 Å². The van der Waals surface area contributed by atoms with Crippen LogP contribution in [0.4, 0.5) is 0 Å². The Hall–Kier alpha value is -6.80. The van der Waals surface area contributed by atoms with Gasteiger partial charge in [0.1, 0.15) is 17.1 Å². The molecule has 0 unspecified atom stereocenters. The predicted molar refractivity (Wildman–Crippen MR) is 199 cm³/mol. The smallest absolute Gasteiger partial charge is 0.238 e. The van der Waals surface area contributed by atoms with Gasteiger partial charge in [0.15, 0.2) is 11.6 Å². The second-order valence-electron chi connectivity index (χ2n) is 12.3. The Bertz CT molecular complexity index is 2880. The lowest BCUT2D eigenvalue weighted by Gasteiger charge is -2.13. The third kappa shape index (κ3) is 4.12.